The Hall–Kier alpha value is -3.07. The molecule has 1 heterocycles. The highest BCUT2D eigenvalue weighted by molar-refractivity contribution is 6.05. The number of para-hydroxylation sites is 1. The molecule has 0 aliphatic carbocycles. The van der Waals surface area contributed by atoms with Crippen LogP contribution in [0.15, 0.2) is 48.7 Å². The Kier molecular flexibility index (Phi) is 3.82. The average Bonchev–Trinajstić information content (AvgIpc) is 2.49. The molecule has 0 spiro atoms. The lowest BCUT2D eigenvalue weighted by Crippen LogP contribution is -2.14. The minimum atomic E-state index is -1.16. The molecule has 0 saturated carbocycles. The normalized spacial score (nSPS) is 11.3. The van der Waals surface area contributed by atoms with Crippen molar-refractivity contribution in [3.63, 3.8) is 0 Å². The quantitative estimate of drug-likeness (QED) is 0.481. The predicted molar refractivity (Wildman–Crippen MR) is 70.0 cm³/mol. The Morgan fingerprint density at radius 3 is 2.55 bits per heavy atom. The molecule has 1 aromatic heterocycles. The van der Waals surface area contributed by atoms with E-state index in [1.807, 2.05) is 6.07 Å². The third-order valence-electron chi connectivity index (χ3n) is 2.74. The first-order valence-corrected chi connectivity index (χ1v) is 5.73. The number of Topliss-reactive ketones (excluding diaryl/α,β-unsaturated/α-hetero) is 1. The van der Waals surface area contributed by atoms with Crippen LogP contribution < -0.4 is 0 Å². The number of hydrogen-bond donors (Lipinski definition) is 0. The highest BCUT2D eigenvalue weighted by atomic mass is 16.6. The van der Waals surface area contributed by atoms with Gasteiger partial charge in [-0.1, -0.05) is 18.2 Å². The fourth-order valence-corrected chi connectivity index (χ4v) is 1.80. The van der Waals surface area contributed by atoms with Gasteiger partial charge in [0, 0.05) is 12.3 Å². The number of hydrogen-bond acceptors (Lipinski definition) is 5. The number of rotatable bonds is 4. The van der Waals surface area contributed by atoms with Gasteiger partial charge in [-0.3, -0.25) is 19.9 Å². The third-order valence-corrected chi connectivity index (χ3v) is 2.74. The topological polar surface area (TPSA) is 96.9 Å². The van der Waals surface area contributed by atoms with Crippen LogP contribution in [-0.4, -0.2) is 15.7 Å². The molecule has 0 aliphatic rings. The molecule has 20 heavy (non-hydrogen) atoms. The molecule has 1 atom stereocenters. The molecule has 98 valence electrons. The summed E-state index contributed by atoms with van der Waals surface area (Å²) in [5.41, 5.74) is -0.124. The van der Waals surface area contributed by atoms with Crippen LogP contribution in [0.2, 0.25) is 0 Å². The molecule has 0 amide bonds. The summed E-state index contributed by atoms with van der Waals surface area (Å²) in [6, 6.07) is 12.3. The molecule has 0 aliphatic heterocycles. The standard InChI is InChI=1S/C14H9N3O3/c15-9-11(12-6-3-4-8-16-12)14(18)10-5-1-2-7-13(10)17(19)20/h1-8,11H. The van der Waals surface area contributed by atoms with Crippen molar-refractivity contribution in [2.45, 2.75) is 5.92 Å². The highest BCUT2D eigenvalue weighted by Gasteiger charge is 2.28. The van der Waals surface area contributed by atoms with E-state index >= 15 is 0 Å². The number of nitro benzene ring substituents is 1. The van der Waals surface area contributed by atoms with Gasteiger partial charge in [0.15, 0.2) is 11.7 Å². The molecule has 0 fully saturated rings. The van der Waals surface area contributed by atoms with Gasteiger partial charge in [0.1, 0.15) is 0 Å². The second-order valence-corrected chi connectivity index (χ2v) is 3.96. The molecule has 1 aromatic carbocycles. The minimum Gasteiger partial charge on any atom is -0.292 e. The van der Waals surface area contributed by atoms with E-state index in [0.29, 0.717) is 0 Å². The van der Waals surface area contributed by atoms with Gasteiger partial charge in [0.05, 0.1) is 22.2 Å². The van der Waals surface area contributed by atoms with Gasteiger partial charge in [-0.25, -0.2) is 0 Å². The molecule has 6 heteroatoms. The molecule has 6 nitrogen and oxygen atoms in total. The molecule has 0 bridgehead atoms. The fraction of sp³-hybridized carbons (Fsp3) is 0.0714. The third kappa shape index (κ3) is 2.52. The molecule has 2 rings (SSSR count). The van der Waals surface area contributed by atoms with Gasteiger partial charge in [0.25, 0.3) is 5.69 Å². The average molecular weight is 267 g/mol. The summed E-state index contributed by atoms with van der Waals surface area (Å²) in [5.74, 6) is -1.78. The van der Waals surface area contributed by atoms with Gasteiger partial charge >= 0.3 is 0 Å². The van der Waals surface area contributed by atoms with Crippen molar-refractivity contribution in [2.75, 3.05) is 0 Å². The molecular weight excluding hydrogens is 258 g/mol. The first kappa shape index (κ1) is 13.4. The molecule has 0 radical (unpaired) electrons. The Bertz CT molecular complexity index is 692. The van der Waals surface area contributed by atoms with Gasteiger partial charge in [-0.2, -0.15) is 5.26 Å². The number of nitriles is 1. The first-order chi connectivity index (χ1) is 9.65. The van der Waals surface area contributed by atoms with Gasteiger partial charge < -0.3 is 0 Å². The zero-order valence-electron chi connectivity index (χ0n) is 10.3. The van der Waals surface area contributed by atoms with E-state index < -0.39 is 16.6 Å². The fourth-order valence-electron chi connectivity index (χ4n) is 1.80. The zero-order valence-corrected chi connectivity index (χ0v) is 10.3. The van der Waals surface area contributed by atoms with Gasteiger partial charge in [0.2, 0.25) is 0 Å². The summed E-state index contributed by atoms with van der Waals surface area (Å²) < 4.78 is 0. The van der Waals surface area contributed by atoms with E-state index in [9.17, 15) is 14.9 Å². The van der Waals surface area contributed by atoms with Crippen LogP contribution in [0.1, 0.15) is 22.0 Å². The lowest BCUT2D eigenvalue weighted by molar-refractivity contribution is -0.385. The molecule has 1 unspecified atom stereocenters. The van der Waals surface area contributed by atoms with Gasteiger partial charge in [-0.15, -0.1) is 0 Å². The summed E-state index contributed by atoms with van der Waals surface area (Å²) >= 11 is 0. The van der Waals surface area contributed by atoms with E-state index in [-0.39, 0.29) is 16.9 Å². The summed E-state index contributed by atoms with van der Waals surface area (Å²) in [6.07, 6.45) is 1.46. The lowest BCUT2D eigenvalue weighted by atomic mass is 9.94. The number of ketones is 1. The van der Waals surface area contributed by atoms with Crippen LogP contribution in [0.25, 0.3) is 0 Å². The minimum absolute atomic E-state index is 0.0882. The van der Waals surface area contributed by atoms with Crippen molar-refractivity contribution in [1.29, 1.82) is 5.26 Å². The van der Waals surface area contributed by atoms with E-state index in [1.165, 1.54) is 30.5 Å². The SMILES string of the molecule is N#CC(C(=O)c1ccccc1[N+](=O)[O-])c1ccccn1. The summed E-state index contributed by atoms with van der Waals surface area (Å²) in [4.78, 5) is 26.6. The Morgan fingerprint density at radius 2 is 1.95 bits per heavy atom. The Balaban J connectivity index is 2.46. The maximum absolute atomic E-state index is 12.3. The zero-order chi connectivity index (χ0) is 14.5. The first-order valence-electron chi connectivity index (χ1n) is 5.73. The molecule has 0 N–H and O–H groups in total. The summed E-state index contributed by atoms with van der Waals surface area (Å²) in [6.45, 7) is 0. The largest absolute Gasteiger partial charge is 0.292 e. The Labute approximate surface area is 114 Å². The van der Waals surface area contributed by atoms with E-state index in [2.05, 4.69) is 4.98 Å². The van der Waals surface area contributed by atoms with Crippen LogP contribution >= 0.6 is 0 Å². The number of nitro groups is 1. The second-order valence-electron chi connectivity index (χ2n) is 3.96. The highest BCUT2D eigenvalue weighted by Crippen LogP contribution is 2.25. The van der Waals surface area contributed by atoms with Crippen LogP contribution in [0.3, 0.4) is 0 Å². The smallest absolute Gasteiger partial charge is 0.280 e. The number of aromatic nitrogens is 1. The predicted octanol–water partition coefficient (Wildman–Crippen LogP) is 2.48. The van der Waals surface area contributed by atoms with Crippen LogP contribution in [0.4, 0.5) is 5.69 Å². The monoisotopic (exact) mass is 267 g/mol. The van der Waals surface area contributed by atoms with Crippen molar-refractivity contribution in [1.82, 2.24) is 4.98 Å². The van der Waals surface area contributed by atoms with Crippen LogP contribution in [-0.2, 0) is 0 Å². The molecule has 2 aromatic rings. The van der Waals surface area contributed by atoms with Crippen molar-refractivity contribution in [3.05, 3.63) is 70.0 Å². The van der Waals surface area contributed by atoms with Crippen molar-refractivity contribution in [3.8, 4) is 6.07 Å². The molecule has 0 saturated heterocycles. The second kappa shape index (κ2) is 5.71. The summed E-state index contributed by atoms with van der Waals surface area (Å²) in [7, 11) is 0. The van der Waals surface area contributed by atoms with E-state index in [1.54, 1.807) is 18.2 Å². The Morgan fingerprint density at radius 1 is 1.25 bits per heavy atom. The van der Waals surface area contributed by atoms with Crippen molar-refractivity contribution < 1.29 is 9.72 Å². The van der Waals surface area contributed by atoms with Crippen molar-refractivity contribution >= 4 is 11.5 Å². The number of pyridine rings is 1. The maximum atomic E-state index is 12.3. The van der Waals surface area contributed by atoms with E-state index in [4.69, 9.17) is 5.26 Å². The number of benzene rings is 1. The van der Waals surface area contributed by atoms with Crippen LogP contribution in [0, 0.1) is 21.4 Å². The lowest BCUT2D eigenvalue weighted by Gasteiger charge is -2.07. The maximum Gasteiger partial charge on any atom is 0.280 e. The summed E-state index contributed by atoms with van der Waals surface area (Å²) in [5, 5.41) is 20.1. The molecular formula is C14H9N3O3. The number of nitrogens with zero attached hydrogens (tertiary/aromatic N) is 3. The van der Waals surface area contributed by atoms with Crippen molar-refractivity contribution in [2.24, 2.45) is 0 Å². The number of carbonyl (C=O) groups excluding carboxylic acids is 1. The van der Waals surface area contributed by atoms with Crippen LogP contribution in [0.5, 0.6) is 0 Å². The van der Waals surface area contributed by atoms with Gasteiger partial charge in [-0.05, 0) is 18.2 Å². The van der Waals surface area contributed by atoms with E-state index in [0.717, 1.165) is 0 Å². The number of carbonyl (C=O) groups is 1.